The van der Waals surface area contributed by atoms with Crippen LogP contribution in [0.25, 0.3) is 0 Å². The molecule has 2 aromatic heterocycles. The molecule has 1 aliphatic heterocycles. The number of carbonyl (C=O) groups is 1. The molecule has 0 aliphatic carbocycles. The Morgan fingerprint density at radius 2 is 2.12 bits per heavy atom. The van der Waals surface area contributed by atoms with Crippen molar-refractivity contribution in [2.45, 2.75) is 12.5 Å². The Morgan fingerprint density at radius 3 is 2.83 bits per heavy atom. The van der Waals surface area contributed by atoms with Gasteiger partial charge in [-0.25, -0.2) is 0 Å². The molecule has 5 nitrogen and oxygen atoms in total. The van der Waals surface area contributed by atoms with Gasteiger partial charge < -0.3 is 9.32 Å². The van der Waals surface area contributed by atoms with Gasteiger partial charge in [0.25, 0.3) is 5.91 Å². The van der Waals surface area contributed by atoms with E-state index in [1.165, 1.54) is 5.56 Å². The van der Waals surface area contributed by atoms with Crippen LogP contribution in [0.4, 0.5) is 0 Å². The summed E-state index contributed by atoms with van der Waals surface area (Å²) in [6, 6.07) is 11.7. The van der Waals surface area contributed by atoms with Crippen molar-refractivity contribution >= 4 is 21.8 Å². The average Bonchev–Trinajstić information content (AvgIpc) is 3.21. The maximum atomic E-state index is 12.8. The highest BCUT2D eigenvalue weighted by molar-refractivity contribution is 9.10. The molecule has 3 heterocycles. The van der Waals surface area contributed by atoms with E-state index in [-0.39, 0.29) is 11.8 Å². The number of hydrogen-bond donors (Lipinski definition) is 0. The number of rotatable bonds is 2. The van der Waals surface area contributed by atoms with E-state index in [0.29, 0.717) is 23.5 Å². The zero-order valence-electron chi connectivity index (χ0n) is 13.1. The zero-order valence-corrected chi connectivity index (χ0v) is 14.7. The largest absolute Gasteiger partial charge is 0.444 e. The molecule has 3 aromatic rings. The summed E-state index contributed by atoms with van der Waals surface area (Å²) < 4.78 is 7.80. The van der Waals surface area contributed by atoms with Crippen molar-refractivity contribution in [1.82, 2.24) is 14.7 Å². The fourth-order valence-corrected chi connectivity index (χ4v) is 3.56. The van der Waals surface area contributed by atoms with Crippen LogP contribution in [0.2, 0.25) is 0 Å². The number of carbonyl (C=O) groups excluding carboxylic acids is 1. The Hall–Kier alpha value is -2.34. The number of halogens is 1. The second-order valence-electron chi connectivity index (χ2n) is 5.99. The van der Waals surface area contributed by atoms with Gasteiger partial charge in [0.05, 0.1) is 6.20 Å². The van der Waals surface area contributed by atoms with Crippen LogP contribution < -0.4 is 0 Å². The van der Waals surface area contributed by atoms with Gasteiger partial charge in [-0.3, -0.25) is 9.48 Å². The molecule has 1 aromatic carbocycles. The maximum Gasteiger partial charge on any atom is 0.289 e. The molecule has 0 saturated carbocycles. The van der Waals surface area contributed by atoms with E-state index in [9.17, 15) is 4.79 Å². The minimum Gasteiger partial charge on any atom is -0.444 e. The number of hydrogen-bond acceptors (Lipinski definition) is 3. The number of aromatic nitrogens is 2. The highest BCUT2D eigenvalue weighted by Crippen LogP contribution is 2.34. The summed E-state index contributed by atoms with van der Waals surface area (Å²) in [7, 11) is 1.90. The summed E-state index contributed by atoms with van der Waals surface area (Å²) >= 11 is 3.25. The summed E-state index contributed by atoms with van der Waals surface area (Å²) in [6.45, 7) is 1.20. The minimum absolute atomic E-state index is 0.0934. The Morgan fingerprint density at radius 1 is 1.29 bits per heavy atom. The lowest BCUT2D eigenvalue weighted by Gasteiger charge is -2.34. The van der Waals surface area contributed by atoms with Gasteiger partial charge in [-0.1, -0.05) is 24.3 Å². The predicted molar refractivity (Wildman–Crippen MR) is 92.6 cm³/mol. The maximum absolute atomic E-state index is 12.8. The minimum atomic E-state index is -0.0934. The highest BCUT2D eigenvalue weighted by Gasteiger charge is 2.31. The topological polar surface area (TPSA) is 51.3 Å². The Labute approximate surface area is 148 Å². The standard InChI is InChI=1S/C18H16BrN3O2/c1-21-9-13(8-20-21)15-11-22(10-12-4-2-3-5-14(12)15)18(23)16-6-7-17(19)24-16/h2-9,15H,10-11H2,1H3. The zero-order chi connectivity index (χ0) is 16.7. The van der Waals surface area contributed by atoms with E-state index in [2.05, 4.69) is 33.2 Å². The monoisotopic (exact) mass is 385 g/mol. The van der Waals surface area contributed by atoms with Crippen LogP contribution in [0.5, 0.6) is 0 Å². The molecule has 0 radical (unpaired) electrons. The van der Waals surface area contributed by atoms with Gasteiger partial charge in [0.1, 0.15) is 0 Å². The van der Waals surface area contributed by atoms with Crippen LogP contribution in [0, 0.1) is 0 Å². The first-order chi connectivity index (χ1) is 11.6. The van der Waals surface area contributed by atoms with E-state index in [1.54, 1.807) is 16.8 Å². The number of fused-ring (bicyclic) bond motifs is 1. The van der Waals surface area contributed by atoms with Gasteiger partial charge >= 0.3 is 0 Å². The molecule has 4 rings (SSSR count). The first kappa shape index (κ1) is 15.2. The SMILES string of the molecule is Cn1cc(C2CN(C(=O)c3ccc(Br)o3)Cc3ccccc32)cn1. The average molecular weight is 386 g/mol. The van der Waals surface area contributed by atoms with Crippen molar-refractivity contribution in [3.05, 3.63) is 75.9 Å². The fourth-order valence-electron chi connectivity index (χ4n) is 3.25. The second-order valence-corrected chi connectivity index (χ2v) is 6.77. The van der Waals surface area contributed by atoms with Crippen molar-refractivity contribution in [3.8, 4) is 0 Å². The molecule has 0 fully saturated rings. The van der Waals surface area contributed by atoms with Crippen LogP contribution in [-0.4, -0.2) is 27.1 Å². The van der Waals surface area contributed by atoms with Crippen LogP contribution >= 0.6 is 15.9 Å². The molecule has 6 heteroatoms. The number of amides is 1. The van der Waals surface area contributed by atoms with E-state index < -0.39 is 0 Å². The fraction of sp³-hybridized carbons (Fsp3) is 0.222. The van der Waals surface area contributed by atoms with Gasteiger partial charge in [0.2, 0.25) is 0 Å². The van der Waals surface area contributed by atoms with Crippen molar-refractivity contribution in [3.63, 3.8) is 0 Å². The number of aryl methyl sites for hydroxylation is 1. The van der Waals surface area contributed by atoms with Gasteiger partial charge in [0, 0.05) is 32.3 Å². The molecule has 0 spiro atoms. The van der Waals surface area contributed by atoms with Gasteiger partial charge in [-0.05, 0) is 44.8 Å². The van der Waals surface area contributed by atoms with Crippen LogP contribution in [0.15, 0.2) is 57.9 Å². The Balaban J connectivity index is 1.71. The van der Waals surface area contributed by atoms with Crippen LogP contribution in [-0.2, 0) is 13.6 Å². The van der Waals surface area contributed by atoms with E-state index >= 15 is 0 Å². The van der Waals surface area contributed by atoms with Crippen molar-refractivity contribution in [1.29, 1.82) is 0 Å². The van der Waals surface area contributed by atoms with E-state index in [1.807, 2.05) is 36.5 Å². The molecule has 1 aliphatic rings. The molecule has 1 atom stereocenters. The molecule has 1 amide bonds. The smallest absolute Gasteiger partial charge is 0.289 e. The van der Waals surface area contributed by atoms with E-state index in [0.717, 1.165) is 11.1 Å². The molecule has 0 saturated heterocycles. The predicted octanol–water partition coefficient (Wildman–Crippen LogP) is 3.56. The van der Waals surface area contributed by atoms with Crippen LogP contribution in [0.1, 0.15) is 33.2 Å². The normalized spacial score (nSPS) is 16.9. The van der Waals surface area contributed by atoms with E-state index in [4.69, 9.17) is 4.42 Å². The molecule has 24 heavy (non-hydrogen) atoms. The summed E-state index contributed by atoms with van der Waals surface area (Å²) in [5.74, 6) is 0.376. The van der Waals surface area contributed by atoms with Crippen molar-refractivity contribution < 1.29 is 9.21 Å². The van der Waals surface area contributed by atoms with Gasteiger partial charge in [0.15, 0.2) is 10.4 Å². The lowest BCUT2D eigenvalue weighted by Crippen LogP contribution is -2.38. The van der Waals surface area contributed by atoms with Crippen LogP contribution in [0.3, 0.4) is 0 Å². The molecule has 0 N–H and O–H groups in total. The lowest BCUT2D eigenvalue weighted by atomic mass is 9.86. The summed E-state index contributed by atoms with van der Waals surface area (Å²) in [5.41, 5.74) is 3.54. The van der Waals surface area contributed by atoms with Gasteiger partial charge in [-0.2, -0.15) is 5.10 Å². The third-order valence-corrected chi connectivity index (χ3v) is 4.82. The number of nitrogens with zero attached hydrogens (tertiary/aromatic N) is 3. The molecular formula is C18H16BrN3O2. The Kier molecular flexibility index (Phi) is 3.76. The Bertz CT molecular complexity index is 899. The molecule has 1 unspecified atom stereocenters. The molecular weight excluding hydrogens is 370 g/mol. The molecule has 122 valence electrons. The quantitative estimate of drug-likeness (QED) is 0.677. The summed E-state index contributed by atoms with van der Waals surface area (Å²) in [4.78, 5) is 14.6. The van der Waals surface area contributed by atoms with Crippen molar-refractivity contribution in [2.24, 2.45) is 7.05 Å². The molecule has 0 bridgehead atoms. The third-order valence-electron chi connectivity index (χ3n) is 4.39. The summed E-state index contributed by atoms with van der Waals surface area (Å²) in [5, 5.41) is 4.28. The number of benzene rings is 1. The lowest BCUT2D eigenvalue weighted by molar-refractivity contribution is 0.0691. The summed E-state index contributed by atoms with van der Waals surface area (Å²) in [6.07, 6.45) is 3.89. The highest BCUT2D eigenvalue weighted by atomic mass is 79.9. The first-order valence-corrected chi connectivity index (χ1v) is 8.52. The second kappa shape index (κ2) is 5.94. The first-order valence-electron chi connectivity index (χ1n) is 7.73. The number of furan rings is 1. The van der Waals surface area contributed by atoms with Gasteiger partial charge in [-0.15, -0.1) is 0 Å². The van der Waals surface area contributed by atoms with Crippen molar-refractivity contribution in [2.75, 3.05) is 6.54 Å². The third kappa shape index (κ3) is 2.67.